The van der Waals surface area contributed by atoms with Crippen LogP contribution in [0.3, 0.4) is 0 Å². The van der Waals surface area contributed by atoms with Crippen LogP contribution in [-0.2, 0) is 11.3 Å². The second-order valence-corrected chi connectivity index (χ2v) is 5.76. The first-order valence-electron chi connectivity index (χ1n) is 6.80. The minimum atomic E-state index is 0.223. The Hall–Kier alpha value is -0.930. The lowest BCUT2D eigenvalue weighted by molar-refractivity contribution is -0.114. The summed E-state index contributed by atoms with van der Waals surface area (Å²) in [5, 5.41) is 3.59. The van der Waals surface area contributed by atoms with E-state index >= 15 is 0 Å². The van der Waals surface area contributed by atoms with Gasteiger partial charge in [-0.15, -0.1) is 0 Å². The second kappa shape index (κ2) is 5.37. The number of rotatable bonds is 5. The summed E-state index contributed by atoms with van der Waals surface area (Å²) in [6.45, 7) is 10.3. The molecule has 3 nitrogen and oxygen atoms in total. The van der Waals surface area contributed by atoms with E-state index in [-0.39, 0.29) is 5.41 Å². The van der Waals surface area contributed by atoms with Gasteiger partial charge >= 0.3 is 0 Å². The fourth-order valence-electron chi connectivity index (χ4n) is 2.55. The maximum absolute atomic E-state index is 5.74. The van der Waals surface area contributed by atoms with Gasteiger partial charge in [0.15, 0.2) is 0 Å². The molecule has 0 saturated heterocycles. The van der Waals surface area contributed by atoms with E-state index in [0.29, 0.717) is 12.1 Å². The highest BCUT2D eigenvalue weighted by atomic mass is 16.5. The van der Waals surface area contributed by atoms with Crippen molar-refractivity contribution >= 4 is 0 Å². The Balaban J connectivity index is 1.83. The Bertz CT molecular complexity index is 386. The molecule has 2 rings (SSSR count). The molecule has 0 radical (unpaired) electrons. The van der Waals surface area contributed by atoms with Crippen LogP contribution in [0, 0.1) is 12.3 Å². The van der Waals surface area contributed by atoms with Gasteiger partial charge in [0.2, 0.25) is 0 Å². The topological polar surface area (TPSA) is 34.1 Å². The van der Waals surface area contributed by atoms with Crippen molar-refractivity contribution in [1.29, 1.82) is 0 Å². The molecule has 0 aromatic carbocycles. The molecule has 0 spiro atoms. The Morgan fingerprint density at radius 3 is 2.78 bits per heavy atom. The third-order valence-corrected chi connectivity index (χ3v) is 4.05. The highest BCUT2D eigenvalue weighted by Gasteiger charge is 2.48. The average molecular weight is 248 g/mol. The fraction of sp³-hybridized carbons (Fsp3) is 0.667. The number of nitrogens with zero attached hydrogens (tertiary/aromatic N) is 1. The number of ether oxygens (including phenoxy) is 1. The van der Waals surface area contributed by atoms with E-state index in [4.69, 9.17) is 4.74 Å². The highest BCUT2D eigenvalue weighted by molar-refractivity contribution is 5.12. The lowest BCUT2D eigenvalue weighted by Crippen LogP contribution is -2.60. The molecule has 1 aliphatic rings. The SMILES string of the molecule is CCOC1CC(NCc2ccc(C)cn2)C1(C)C. The predicted molar refractivity (Wildman–Crippen MR) is 73.4 cm³/mol. The number of hydrogen-bond acceptors (Lipinski definition) is 3. The van der Waals surface area contributed by atoms with Crippen molar-refractivity contribution in [2.24, 2.45) is 5.41 Å². The summed E-state index contributed by atoms with van der Waals surface area (Å²) in [5.41, 5.74) is 2.54. The van der Waals surface area contributed by atoms with Gasteiger partial charge in [-0.25, -0.2) is 0 Å². The smallest absolute Gasteiger partial charge is 0.0655 e. The number of aromatic nitrogens is 1. The van der Waals surface area contributed by atoms with E-state index in [2.05, 4.69) is 50.1 Å². The van der Waals surface area contributed by atoms with E-state index in [1.165, 1.54) is 5.56 Å². The number of pyridine rings is 1. The quantitative estimate of drug-likeness (QED) is 0.870. The molecule has 2 unspecified atom stereocenters. The minimum absolute atomic E-state index is 0.223. The molecule has 0 bridgehead atoms. The Kier molecular flexibility index (Phi) is 4.03. The zero-order valence-electron chi connectivity index (χ0n) is 11.9. The summed E-state index contributed by atoms with van der Waals surface area (Å²) in [4.78, 5) is 4.42. The van der Waals surface area contributed by atoms with E-state index < -0.39 is 0 Å². The third kappa shape index (κ3) is 2.73. The van der Waals surface area contributed by atoms with Crippen molar-refractivity contribution in [3.63, 3.8) is 0 Å². The molecule has 1 saturated carbocycles. The molecule has 1 aromatic rings. The molecule has 1 fully saturated rings. The standard InChI is InChI=1S/C15H24N2O/c1-5-18-14-8-13(15(14,3)4)17-10-12-7-6-11(2)9-16-12/h6-7,9,13-14,17H,5,8,10H2,1-4H3. The molecule has 0 aliphatic heterocycles. The van der Waals surface area contributed by atoms with Gasteiger partial charge in [0.05, 0.1) is 11.8 Å². The summed E-state index contributed by atoms with van der Waals surface area (Å²) >= 11 is 0. The molecule has 1 heterocycles. The van der Waals surface area contributed by atoms with E-state index in [0.717, 1.165) is 25.3 Å². The van der Waals surface area contributed by atoms with E-state index in [1.54, 1.807) is 0 Å². The van der Waals surface area contributed by atoms with Crippen molar-refractivity contribution in [3.05, 3.63) is 29.6 Å². The van der Waals surface area contributed by atoms with Crippen molar-refractivity contribution in [2.75, 3.05) is 6.61 Å². The monoisotopic (exact) mass is 248 g/mol. The van der Waals surface area contributed by atoms with E-state index in [1.807, 2.05) is 6.20 Å². The van der Waals surface area contributed by atoms with Crippen LogP contribution in [0.1, 0.15) is 38.4 Å². The van der Waals surface area contributed by atoms with Gasteiger partial charge in [0, 0.05) is 30.8 Å². The first-order chi connectivity index (χ1) is 8.54. The van der Waals surface area contributed by atoms with Crippen LogP contribution in [0.2, 0.25) is 0 Å². The lowest BCUT2D eigenvalue weighted by Gasteiger charge is -2.51. The first kappa shape index (κ1) is 13.5. The summed E-state index contributed by atoms with van der Waals surface area (Å²) < 4.78 is 5.74. The van der Waals surface area contributed by atoms with E-state index in [9.17, 15) is 0 Å². The molecular weight excluding hydrogens is 224 g/mol. The Morgan fingerprint density at radius 1 is 1.44 bits per heavy atom. The Labute approximate surface area is 110 Å². The molecule has 18 heavy (non-hydrogen) atoms. The third-order valence-electron chi connectivity index (χ3n) is 4.05. The molecule has 1 aromatic heterocycles. The second-order valence-electron chi connectivity index (χ2n) is 5.76. The highest BCUT2D eigenvalue weighted by Crippen LogP contribution is 2.42. The Morgan fingerprint density at radius 2 is 2.22 bits per heavy atom. The van der Waals surface area contributed by atoms with Crippen LogP contribution in [0.25, 0.3) is 0 Å². The zero-order valence-corrected chi connectivity index (χ0v) is 11.9. The van der Waals surface area contributed by atoms with Crippen LogP contribution in [0.15, 0.2) is 18.3 Å². The van der Waals surface area contributed by atoms with Crippen LogP contribution in [0.4, 0.5) is 0 Å². The van der Waals surface area contributed by atoms with Gasteiger partial charge in [0.25, 0.3) is 0 Å². The lowest BCUT2D eigenvalue weighted by atomic mass is 9.64. The van der Waals surface area contributed by atoms with Crippen molar-refractivity contribution in [1.82, 2.24) is 10.3 Å². The minimum Gasteiger partial charge on any atom is -0.378 e. The summed E-state index contributed by atoms with van der Waals surface area (Å²) in [6.07, 6.45) is 3.42. The van der Waals surface area contributed by atoms with Gasteiger partial charge < -0.3 is 10.1 Å². The van der Waals surface area contributed by atoms with Crippen molar-refractivity contribution < 1.29 is 4.74 Å². The van der Waals surface area contributed by atoms with Gasteiger partial charge in [-0.05, 0) is 31.9 Å². The molecular formula is C15H24N2O. The van der Waals surface area contributed by atoms with Gasteiger partial charge in [-0.2, -0.15) is 0 Å². The summed E-state index contributed by atoms with van der Waals surface area (Å²) in [5.74, 6) is 0. The molecule has 1 aliphatic carbocycles. The molecule has 1 N–H and O–H groups in total. The van der Waals surface area contributed by atoms with Gasteiger partial charge in [-0.3, -0.25) is 4.98 Å². The molecule has 0 amide bonds. The number of nitrogens with one attached hydrogen (secondary N) is 1. The van der Waals surface area contributed by atoms with Crippen molar-refractivity contribution in [2.45, 2.75) is 52.8 Å². The maximum atomic E-state index is 5.74. The normalized spacial score (nSPS) is 25.8. The van der Waals surface area contributed by atoms with Gasteiger partial charge in [-0.1, -0.05) is 19.9 Å². The van der Waals surface area contributed by atoms with Crippen LogP contribution in [-0.4, -0.2) is 23.7 Å². The predicted octanol–water partition coefficient (Wildman–Crippen LogP) is 2.68. The maximum Gasteiger partial charge on any atom is 0.0655 e. The van der Waals surface area contributed by atoms with Crippen LogP contribution < -0.4 is 5.32 Å². The zero-order chi connectivity index (χ0) is 13.2. The molecule has 2 atom stereocenters. The fourth-order valence-corrected chi connectivity index (χ4v) is 2.55. The summed E-state index contributed by atoms with van der Waals surface area (Å²) in [7, 11) is 0. The van der Waals surface area contributed by atoms with Gasteiger partial charge in [0.1, 0.15) is 0 Å². The van der Waals surface area contributed by atoms with Crippen LogP contribution >= 0.6 is 0 Å². The number of aryl methyl sites for hydroxylation is 1. The van der Waals surface area contributed by atoms with Crippen molar-refractivity contribution in [3.8, 4) is 0 Å². The molecule has 100 valence electrons. The average Bonchev–Trinajstić information content (AvgIpc) is 2.35. The largest absolute Gasteiger partial charge is 0.378 e. The summed E-state index contributed by atoms with van der Waals surface area (Å²) in [6, 6.07) is 4.73. The first-order valence-corrected chi connectivity index (χ1v) is 6.80. The molecule has 3 heteroatoms. The van der Waals surface area contributed by atoms with Crippen LogP contribution in [0.5, 0.6) is 0 Å². The number of hydrogen-bond donors (Lipinski definition) is 1.